The lowest BCUT2D eigenvalue weighted by molar-refractivity contribution is -0.128. The highest BCUT2D eigenvalue weighted by atomic mass is 16.6. The molecule has 4 rings (SSSR count). The van der Waals surface area contributed by atoms with Gasteiger partial charge in [-0.15, -0.1) is 0 Å². The van der Waals surface area contributed by atoms with Crippen LogP contribution >= 0.6 is 0 Å². The van der Waals surface area contributed by atoms with Crippen LogP contribution < -0.4 is 34.5 Å². The van der Waals surface area contributed by atoms with Gasteiger partial charge in [0.25, 0.3) is 0 Å². The Balaban J connectivity index is 1.79. The maximum absolute atomic E-state index is 14.2. The number of nitrogens with zero attached hydrogens (tertiary/aromatic N) is 2. The molecule has 0 saturated carbocycles. The summed E-state index contributed by atoms with van der Waals surface area (Å²) in [5.74, 6) is 1.08. The molecule has 0 spiro atoms. The van der Waals surface area contributed by atoms with Crippen molar-refractivity contribution in [2.45, 2.75) is 58.5 Å². The first-order valence-corrected chi connectivity index (χ1v) is 14.0. The van der Waals surface area contributed by atoms with Crippen molar-refractivity contribution in [1.82, 2.24) is 10.5 Å². The van der Waals surface area contributed by atoms with Crippen molar-refractivity contribution >= 4 is 29.2 Å². The van der Waals surface area contributed by atoms with E-state index in [2.05, 4.69) is 15.8 Å². The van der Waals surface area contributed by atoms with E-state index in [1.807, 2.05) is 20.8 Å². The molecule has 0 bridgehead atoms. The molecule has 0 fully saturated rings. The maximum atomic E-state index is 14.2. The van der Waals surface area contributed by atoms with Gasteiger partial charge in [0, 0.05) is 41.8 Å². The number of rotatable bonds is 12. The number of nitrogens with one attached hydrogen (secondary N) is 2. The summed E-state index contributed by atoms with van der Waals surface area (Å²) in [6, 6.07) is 10.5. The smallest absolute Gasteiger partial charge is 0.248 e. The van der Waals surface area contributed by atoms with Crippen LogP contribution in [0.2, 0.25) is 0 Å². The van der Waals surface area contributed by atoms with Gasteiger partial charge in [0.1, 0.15) is 25.0 Å². The number of carbonyl (C=O) groups excluding carboxylic acids is 3. The molecule has 3 amide bonds. The van der Waals surface area contributed by atoms with E-state index in [1.165, 1.54) is 19.1 Å². The van der Waals surface area contributed by atoms with Crippen molar-refractivity contribution in [1.29, 1.82) is 0 Å². The summed E-state index contributed by atoms with van der Waals surface area (Å²) in [6.45, 7) is 8.20. The van der Waals surface area contributed by atoms with Crippen LogP contribution in [0.5, 0.6) is 23.0 Å². The Morgan fingerprint density at radius 2 is 1.77 bits per heavy atom. The molecule has 2 heterocycles. The van der Waals surface area contributed by atoms with Crippen LogP contribution in [0, 0.1) is 6.92 Å². The third kappa shape index (κ3) is 7.37. The minimum atomic E-state index is -1.20. The molecule has 1 atom stereocenters. The monoisotopic (exact) mass is 594 g/mol. The number of hydrogen-bond acceptors (Lipinski definition) is 9. The molecule has 1 aromatic heterocycles. The average Bonchev–Trinajstić information content (AvgIpc) is 3.41. The van der Waals surface area contributed by atoms with Crippen molar-refractivity contribution in [2.24, 2.45) is 0 Å². The molecular weight excluding hydrogens is 556 g/mol. The number of para-hydroxylation sites is 1. The number of amides is 3. The number of benzene rings is 2. The zero-order valence-corrected chi connectivity index (χ0v) is 25.3. The van der Waals surface area contributed by atoms with Gasteiger partial charge in [-0.1, -0.05) is 24.2 Å². The maximum Gasteiger partial charge on any atom is 0.248 e. The Bertz CT molecular complexity index is 1470. The minimum absolute atomic E-state index is 0.171. The number of aryl methyl sites for hydroxylation is 1. The number of carbonyl (C=O) groups is 3. The largest absolute Gasteiger partial charge is 0.493 e. The van der Waals surface area contributed by atoms with Gasteiger partial charge < -0.3 is 34.1 Å². The molecule has 1 aliphatic heterocycles. The number of anilines is 2. The second-order valence-corrected chi connectivity index (χ2v) is 10.7. The van der Waals surface area contributed by atoms with E-state index < -0.39 is 29.3 Å². The Morgan fingerprint density at radius 1 is 1.02 bits per heavy atom. The molecule has 230 valence electrons. The van der Waals surface area contributed by atoms with Crippen LogP contribution in [-0.2, 0) is 14.4 Å². The van der Waals surface area contributed by atoms with Gasteiger partial charge in [0.05, 0.1) is 14.2 Å². The molecule has 2 aromatic carbocycles. The summed E-state index contributed by atoms with van der Waals surface area (Å²) >= 11 is 0. The summed E-state index contributed by atoms with van der Waals surface area (Å²) in [7, 11) is 2.97. The number of aromatic nitrogens is 1. The first-order valence-electron chi connectivity index (χ1n) is 14.0. The van der Waals surface area contributed by atoms with E-state index in [9.17, 15) is 14.4 Å². The molecule has 0 radical (unpaired) electrons. The quantitative estimate of drug-likeness (QED) is 0.308. The Labute approximate surface area is 250 Å². The fourth-order valence-electron chi connectivity index (χ4n) is 4.61. The van der Waals surface area contributed by atoms with Crippen LogP contribution in [0.25, 0.3) is 0 Å². The Morgan fingerprint density at radius 3 is 2.42 bits per heavy atom. The van der Waals surface area contributed by atoms with E-state index >= 15 is 0 Å². The molecule has 3 aromatic rings. The number of fused-ring (bicyclic) bond motifs is 1. The fourth-order valence-corrected chi connectivity index (χ4v) is 4.61. The lowest BCUT2D eigenvalue weighted by Crippen LogP contribution is -2.50. The van der Waals surface area contributed by atoms with Crippen LogP contribution in [0.15, 0.2) is 47.0 Å². The summed E-state index contributed by atoms with van der Waals surface area (Å²) in [5, 5.41) is 9.47. The van der Waals surface area contributed by atoms with Crippen LogP contribution in [-0.4, -0.2) is 55.9 Å². The number of hydrogen-bond donors (Lipinski definition) is 2. The molecule has 0 saturated heterocycles. The second-order valence-electron chi connectivity index (χ2n) is 10.7. The normalized spacial score (nSPS) is 13.1. The molecule has 12 nitrogen and oxygen atoms in total. The highest BCUT2D eigenvalue weighted by Crippen LogP contribution is 2.42. The average molecular weight is 595 g/mol. The van der Waals surface area contributed by atoms with Gasteiger partial charge in [-0.3, -0.25) is 19.3 Å². The highest BCUT2D eigenvalue weighted by molar-refractivity contribution is 6.03. The van der Waals surface area contributed by atoms with E-state index in [4.69, 9.17) is 23.5 Å². The van der Waals surface area contributed by atoms with Gasteiger partial charge in [-0.2, -0.15) is 0 Å². The van der Waals surface area contributed by atoms with Crippen LogP contribution in [0.1, 0.15) is 57.4 Å². The van der Waals surface area contributed by atoms with E-state index in [-0.39, 0.29) is 18.7 Å². The van der Waals surface area contributed by atoms with Gasteiger partial charge >= 0.3 is 0 Å². The van der Waals surface area contributed by atoms with Gasteiger partial charge in [0.15, 0.2) is 28.8 Å². The standard InChI is InChI=1S/C31H38N4O8/c1-7-31(3,4)33-30(38)28(21-9-8-10-23(39-5)29(21)40-6)35(20-11-12-22-24(18-20)42-16-15-41-22)27(37)14-13-26(36)32-25-17-19(2)43-34-25/h8-12,17-18,28H,7,13-16H2,1-6H3,(H,33,38)(H,32,34,36)/t28-/m0/s1. The van der Waals surface area contributed by atoms with Crippen LogP contribution in [0.4, 0.5) is 11.5 Å². The third-order valence-electron chi connectivity index (χ3n) is 7.11. The van der Waals surface area contributed by atoms with Crippen molar-refractivity contribution in [2.75, 3.05) is 37.7 Å². The summed E-state index contributed by atoms with van der Waals surface area (Å²) < 4.78 is 27.7. The molecule has 43 heavy (non-hydrogen) atoms. The fraction of sp³-hybridized carbons (Fsp3) is 0.419. The van der Waals surface area contributed by atoms with E-state index in [0.29, 0.717) is 59.6 Å². The molecule has 1 aliphatic rings. The Hall–Kier alpha value is -4.74. The predicted octanol–water partition coefficient (Wildman–Crippen LogP) is 4.57. The predicted molar refractivity (Wildman–Crippen MR) is 159 cm³/mol. The van der Waals surface area contributed by atoms with Gasteiger partial charge in [-0.05, 0) is 45.4 Å². The van der Waals surface area contributed by atoms with E-state index in [0.717, 1.165) is 0 Å². The SMILES string of the molecule is CCC(C)(C)NC(=O)[C@H](c1cccc(OC)c1OC)N(C(=O)CCC(=O)Nc1cc(C)on1)c1ccc2c(c1)OCCO2. The van der Waals surface area contributed by atoms with Crippen molar-refractivity contribution < 1.29 is 37.9 Å². The molecule has 2 N–H and O–H groups in total. The first-order chi connectivity index (χ1) is 20.6. The summed E-state index contributed by atoms with van der Waals surface area (Å²) in [4.78, 5) is 42.5. The molecule has 12 heteroatoms. The first kappa shape index (κ1) is 31.2. The lowest BCUT2D eigenvalue weighted by Gasteiger charge is -2.35. The molecule has 0 unspecified atom stereocenters. The second kappa shape index (κ2) is 13.5. The summed E-state index contributed by atoms with van der Waals surface area (Å²) in [6.07, 6.45) is 0.251. The Kier molecular flexibility index (Phi) is 9.79. The summed E-state index contributed by atoms with van der Waals surface area (Å²) in [5.41, 5.74) is 0.191. The molecule has 0 aliphatic carbocycles. The van der Waals surface area contributed by atoms with Crippen LogP contribution in [0.3, 0.4) is 0 Å². The van der Waals surface area contributed by atoms with Gasteiger partial charge in [0.2, 0.25) is 17.7 Å². The topological polar surface area (TPSA) is 141 Å². The zero-order valence-electron chi connectivity index (χ0n) is 25.3. The highest BCUT2D eigenvalue weighted by Gasteiger charge is 2.38. The number of ether oxygens (including phenoxy) is 4. The minimum Gasteiger partial charge on any atom is -0.493 e. The third-order valence-corrected chi connectivity index (χ3v) is 7.11. The van der Waals surface area contributed by atoms with Crippen molar-refractivity contribution in [3.05, 3.63) is 53.8 Å². The van der Waals surface area contributed by atoms with Crippen molar-refractivity contribution in [3.8, 4) is 23.0 Å². The van der Waals surface area contributed by atoms with Gasteiger partial charge in [-0.25, -0.2) is 0 Å². The zero-order chi connectivity index (χ0) is 31.1. The molecular formula is C31H38N4O8. The lowest BCUT2D eigenvalue weighted by atomic mass is 9.97. The number of methoxy groups -OCH3 is 2. The van der Waals surface area contributed by atoms with Crippen molar-refractivity contribution in [3.63, 3.8) is 0 Å². The van der Waals surface area contributed by atoms with E-state index in [1.54, 1.807) is 49.4 Å².